The van der Waals surface area contributed by atoms with Crippen molar-refractivity contribution >= 4 is 5.69 Å². The highest BCUT2D eigenvalue weighted by atomic mass is 16.3. The topological polar surface area (TPSA) is 76.1 Å². The number of hydrogen-bond donors (Lipinski definition) is 3. The van der Waals surface area contributed by atoms with Crippen molar-refractivity contribution < 1.29 is 5.11 Å². The molecule has 0 unspecified atom stereocenters. The first-order valence-electron chi connectivity index (χ1n) is 5.93. The van der Waals surface area contributed by atoms with Gasteiger partial charge in [-0.2, -0.15) is 5.10 Å². The summed E-state index contributed by atoms with van der Waals surface area (Å²) in [5, 5.41) is 17.1. The first-order chi connectivity index (χ1) is 8.63. The Bertz CT molecular complexity index is 531. The summed E-state index contributed by atoms with van der Waals surface area (Å²) in [4.78, 5) is 0. The Balaban J connectivity index is 2.37. The van der Waals surface area contributed by atoms with E-state index < -0.39 is 0 Å². The third kappa shape index (κ3) is 2.31. The maximum atomic E-state index is 9.29. The zero-order chi connectivity index (χ0) is 13.1. The fraction of sp³-hybridized carbons (Fsp3) is 0.308. The standard InChI is InChI=1S/C13H18N4O/c1-9-13(15-8-7-14)10(2)17(16-9)11-3-5-12(18)6-4-11/h3-6,15,18H,7-8,14H2,1-2H3. The van der Waals surface area contributed by atoms with Crippen LogP contribution in [0.2, 0.25) is 0 Å². The van der Waals surface area contributed by atoms with E-state index in [-0.39, 0.29) is 5.75 Å². The number of rotatable bonds is 4. The summed E-state index contributed by atoms with van der Waals surface area (Å²) in [6.07, 6.45) is 0. The predicted octanol–water partition coefficient (Wildman–Crippen LogP) is 1.57. The zero-order valence-electron chi connectivity index (χ0n) is 10.6. The molecule has 4 N–H and O–H groups in total. The molecule has 1 aromatic carbocycles. The highest BCUT2D eigenvalue weighted by molar-refractivity contribution is 5.55. The molecular formula is C13H18N4O. The van der Waals surface area contributed by atoms with Crippen LogP contribution in [-0.2, 0) is 0 Å². The van der Waals surface area contributed by atoms with Gasteiger partial charge in [-0.1, -0.05) is 0 Å². The van der Waals surface area contributed by atoms with Gasteiger partial charge < -0.3 is 16.2 Å². The van der Waals surface area contributed by atoms with Crippen LogP contribution >= 0.6 is 0 Å². The molecule has 2 aromatic rings. The van der Waals surface area contributed by atoms with E-state index in [1.807, 2.05) is 30.7 Å². The summed E-state index contributed by atoms with van der Waals surface area (Å²) in [6, 6.07) is 6.97. The van der Waals surface area contributed by atoms with Crippen molar-refractivity contribution in [2.75, 3.05) is 18.4 Å². The van der Waals surface area contributed by atoms with E-state index >= 15 is 0 Å². The van der Waals surface area contributed by atoms with Crippen molar-refractivity contribution in [2.24, 2.45) is 5.73 Å². The lowest BCUT2D eigenvalue weighted by molar-refractivity contribution is 0.475. The average Bonchev–Trinajstić information content (AvgIpc) is 2.64. The Kier molecular flexibility index (Phi) is 3.53. The van der Waals surface area contributed by atoms with Gasteiger partial charge in [0.05, 0.1) is 22.8 Å². The molecule has 2 rings (SSSR count). The fourth-order valence-electron chi connectivity index (χ4n) is 1.94. The van der Waals surface area contributed by atoms with Gasteiger partial charge in [-0.05, 0) is 38.1 Å². The minimum Gasteiger partial charge on any atom is -0.508 e. The van der Waals surface area contributed by atoms with E-state index in [2.05, 4.69) is 10.4 Å². The molecule has 1 heterocycles. The van der Waals surface area contributed by atoms with Crippen LogP contribution in [0.3, 0.4) is 0 Å². The van der Waals surface area contributed by atoms with Gasteiger partial charge in [-0.15, -0.1) is 0 Å². The minimum atomic E-state index is 0.252. The first-order valence-corrected chi connectivity index (χ1v) is 5.93. The third-order valence-corrected chi connectivity index (χ3v) is 2.83. The normalized spacial score (nSPS) is 10.6. The fourth-order valence-corrected chi connectivity index (χ4v) is 1.94. The van der Waals surface area contributed by atoms with Gasteiger partial charge >= 0.3 is 0 Å². The van der Waals surface area contributed by atoms with E-state index in [9.17, 15) is 5.11 Å². The molecule has 18 heavy (non-hydrogen) atoms. The zero-order valence-corrected chi connectivity index (χ0v) is 10.6. The highest BCUT2D eigenvalue weighted by Crippen LogP contribution is 2.23. The first kappa shape index (κ1) is 12.4. The second-order valence-corrected chi connectivity index (χ2v) is 4.19. The van der Waals surface area contributed by atoms with Crippen LogP contribution in [0.5, 0.6) is 5.75 Å². The van der Waals surface area contributed by atoms with Gasteiger partial charge in [0.15, 0.2) is 0 Å². The number of nitrogens with two attached hydrogens (primary N) is 1. The van der Waals surface area contributed by atoms with Crippen molar-refractivity contribution in [3.8, 4) is 11.4 Å². The van der Waals surface area contributed by atoms with Gasteiger partial charge in [0.25, 0.3) is 0 Å². The monoisotopic (exact) mass is 246 g/mol. The van der Waals surface area contributed by atoms with Gasteiger partial charge in [-0.3, -0.25) is 0 Å². The largest absolute Gasteiger partial charge is 0.508 e. The number of hydrogen-bond acceptors (Lipinski definition) is 4. The van der Waals surface area contributed by atoms with Crippen molar-refractivity contribution in [2.45, 2.75) is 13.8 Å². The number of aromatic hydroxyl groups is 1. The minimum absolute atomic E-state index is 0.252. The second-order valence-electron chi connectivity index (χ2n) is 4.19. The number of benzene rings is 1. The Morgan fingerprint density at radius 2 is 1.94 bits per heavy atom. The molecule has 0 bridgehead atoms. The molecular weight excluding hydrogens is 228 g/mol. The SMILES string of the molecule is Cc1nn(-c2ccc(O)cc2)c(C)c1NCCN. The summed E-state index contributed by atoms with van der Waals surface area (Å²) in [6.45, 7) is 5.28. The van der Waals surface area contributed by atoms with Crippen LogP contribution in [0.4, 0.5) is 5.69 Å². The predicted molar refractivity (Wildman–Crippen MR) is 72.2 cm³/mol. The smallest absolute Gasteiger partial charge is 0.115 e. The highest BCUT2D eigenvalue weighted by Gasteiger charge is 2.11. The third-order valence-electron chi connectivity index (χ3n) is 2.83. The van der Waals surface area contributed by atoms with Crippen molar-refractivity contribution in [1.82, 2.24) is 9.78 Å². The second kappa shape index (κ2) is 5.10. The van der Waals surface area contributed by atoms with E-state index in [1.54, 1.807) is 12.1 Å². The summed E-state index contributed by atoms with van der Waals surface area (Å²) >= 11 is 0. The van der Waals surface area contributed by atoms with Crippen LogP contribution in [-0.4, -0.2) is 28.0 Å². The molecule has 0 fully saturated rings. The molecule has 0 saturated heterocycles. The molecule has 5 heteroatoms. The molecule has 0 amide bonds. The molecule has 0 aliphatic rings. The van der Waals surface area contributed by atoms with E-state index in [0.29, 0.717) is 6.54 Å². The molecule has 0 aliphatic carbocycles. The van der Waals surface area contributed by atoms with Crippen LogP contribution < -0.4 is 11.1 Å². The lowest BCUT2D eigenvalue weighted by Gasteiger charge is -2.07. The Morgan fingerprint density at radius 1 is 1.28 bits per heavy atom. The summed E-state index contributed by atoms with van der Waals surface area (Å²) < 4.78 is 1.85. The van der Waals surface area contributed by atoms with Crippen LogP contribution in [0.1, 0.15) is 11.4 Å². The molecule has 0 spiro atoms. The van der Waals surface area contributed by atoms with E-state index in [0.717, 1.165) is 29.3 Å². The van der Waals surface area contributed by atoms with Crippen molar-refractivity contribution in [1.29, 1.82) is 0 Å². The number of anilines is 1. The number of aromatic nitrogens is 2. The summed E-state index contributed by atoms with van der Waals surface area (Å²) in [5.74, 6) is 0.252. The molecule has 0 radical (unpaired) electrons. The average molecular weight is 246 g/mol. The van der Waals surface area contributed by atoms with Crippen LogP contribution in [0.25, 0.3) is 5.69 Å². The van der Waals surface area contributed by atoms with Crippen LogP contribution in [0.15, 0.2) is 24.3 Å². The Labute approximate surface area is 106 Å². The van der Waals surface area contributed by atoms with E-state index in [1.165, 1.54) is 0 Å². The lowest BCUT2D eigenvalue weighted by atomic mass is 10.3. The number of nitrogens with one attached hydrogen (secondary N) is 1. The molecule has 0 aliphatic heterocycles. The quantitative estimate of drug-likeness (QED) is 0.765. The number of nitrogens with zero attached hydrogens (tertiary/aromatic N) is 2. The molecule has 96 valence electrons. The Hall–Kier alpha value is -2.01. The number of aryl methyl sites for hydroxylation is 1. The van der Waals surface area contributed by atoms with Crippen molar-refractivity contribution in [3.05, 3.63) is 35.7 Å². The van der Waals surface area contributed by atoms with Gasteiger partial charge in [0.1, 0.15) is 5.75 Å². The van der Waals surface area contributed by atoms with Gasteiger partial charge in [-0.25, -0.2) is 4.68 Å². The number of phenols is 1. The molecule has 5 nitrogen and oxygen atoms in total. The van der Waals surface area contributed by atoms with Crippen molar-refractivity contribution in [3.63, 3.8) is 0 Å². The summed E-state index contributed by atoms with van der Waals surface area (Å²) in [7, 11) is 0. The lowest BCUT2D eigenvalue weighted by Crippen LogP contribution is -2.14. The molecule has 1 aromatic heterocycles. The van der Waals surface area contributed by atoms with Gasteiger partial charge in [0, 0.05) is 13.1 Å². The van der Waals surface area contributed by atoms with Crippen LogP contribution in [0, 0.1) is 13.8 Å². The maximum Gasteiger partial charge on any atom is 0.115 e. The van der Waals surface area contributed by atoms with E-state index in [4.69, 9.17) is 5.73 Å². The molecule has 0 saturated carbocycles. The number of phenolic OH excluding ortho intramolecular Hbond substituents is 1. The van der Waals surface area contributed by atoms with Gasteiger partial charge in [0.2, 0.25) is 0 Å². The summed E-state index contributed by atoms with van der Waals surface area (Å²) in [5.41, 5.74) is 9.41. The molecule has 0 atom stereocenters. The maximum absolute atomic E-state index is 9.29. The Morgan fingerprint density at radius 3 is 2.56 bits per heavy atom.